The second-order valence-corrected chi connectivity index (χ2v) is 10.8. The third-order valence-corrected chi connectivity index (χ3v) is 8.08. The number of anilines is 2. The Kier molecular flexibility index (Phi) is 6.96. The molecule has 198 valence electrons. The van der Waals surface area contributed by atoms with E-state index in [1.807, 2.05) is 24.3 Å². The number of aldehydes is 1. The van der Waals surface area contributed by atoms with Crippen LogP contribution in [-0.2, 0) is 32.6 Å². The number of carbonyl (C=O) groups excluding carboxylic acids is 4. The molecular weight excluding hydrogens is 514 g/mol. The lowest BCUT2D eigenvalue weighted by atomic mass is 9.79. The van der Waals surface area contributed by atoms with E-state index < -0.39 is 17.2 Å². The van der Waals surface area contributed by atoms with Gasteiger partial charge in [0.1, 0.15) is 24.3 Å². The summed E-state index contributed by atoms with van der Waals surface area (Å²) < 4.78 is 0. The second kappa shape index (κ2) is 10.4. The number of hydrogen-bond acceptors (Lipinski definition) is 7. The zero-order valence-electron chi connectivity index (χ0n) is 21.6. The molecule has 2 N–H and O–H groups in total. The average molecular weight is 542 g/mol. The van der Waals surface area contributed by atoms with Crippen molar-refractivity contribution in [2.75, 3.05) is 23.7 Å². The van der Waals surface area contributed by atoms with Crippen LogP contribution in [0.4, 0.5) is 11.5 Å². The number of fused-ring (bicyclic) bond motifs is 3. The van der Waals surface area contributed by atoms with Crippen LogP contribution < -0.4 is 10.6 Å². The van der Waals surface area contributed by atoms with Gasteiger partial charge in [-0.05, 0) is 67.2 Å². The maximum absolute atomic E-state index is 13.3. The van der Waals surface area contributed by atoms with Crippen LogP contribution in [0.1, 0.15) is 39.0 Å². The fourth-order valence-corrected chi connectivity index (χ4v) is 5.78. The molecule has 1 spiro atoms. The SMILES string of the molecule is C=C/C(CN(CC(=O)Nc1ccc2c(c1)CC1(C2)C(=O)Nc2ncccc21)C(=O)c1ncsc1C)=C(\C)C=O. The van der Waals surface area contributed by atoms with E-state index >= 15 is 0 Å². The van der Waals surface area contributed by atoms with Crippen molar-refractivity contribution in [3.8, 4) is 0 Å². The summed E-state index contributed by atoms with van der Waals surface area (Å²) in [4.78, 5) is 61.4. The van der Waals surface area contributed by atoms with E-state index in [1.54, 1.807) is 31.6 Å². The minimum absolute atomic E-state index is 0.0343. The summed E-state index contributed by atoms with van der Waals surface area (Å²) in [6.07, 6.45) is 4.93. The van der Waals surface area contributed by atoms with Crippen molar-refractivity contribution in [2.24, 2.45) is 0 Å². The van der Waals surface area contributed by atoms with E-state index in [9.17, 15) is 19.2 Å². The molecule has 2 aliphatic rings. The van der Waals surface area contributed by atoms with Gasteiger partial charge >= 0.3 is 0 Å². The standard InChI is InChI=1S/C29H27N5O4S/c1-4-19(17(2)15-35)13-34(27(37)25-18(3)39-16-31-25)14-24(36)32-22-8-7-20-11-29(12-21(20)10-22)23-6-5-9-30-26(23)33-28(29)38/h4-10,15-16H,1,11-14H2,2-3H3,(H,32,36)(H,30,33,38)/b19-17-. The van der Waals surface area contributed by atoms with Crippen LogP contribution in [0, 0.1) is 6.92 Å². The molecule has 3 amide bonds. The van der Waals surface area contributed by atoms with Gasteiger partial charge in [0, 0.05) is 28.9 Å². The van der Waals surface area contributed by atoms with E-state index in [2.05, 4.69) is 27.2 Å². The van der Waals surface area contributed by atoms with Crippen LogP contribution in [0.15, 0.2) is 65.8 Å². The molecule has 0 radical (unpaired) electrons. The minimum atomic E-state index is -0.701. The predicted octanol–water partition coefficient (Wildman–Crippen LogP) is 3.62. The number of nitrogens with zero attached hydrogens (tertiary/aromatic N) is 3. The number of aryl methyl sites for hydroxylation is 1. The average Bonchev–Trinajstić information content (AvgIpc) is 3.61. The van der Waals surface area contributed by atoms with Crippen molar-refractivity contribution in [1.82, 2.24) is 14.9 Å². The lowest BCUT2D eigenvalue weighted by molar-refractivity contribution is -0.120. The first-order valence-corrected chi connectivity index (χ1v) is 13.3. The summed E-state index contributed by atoms with van der Waals surface area (Å²) >= 11 is 1.34. The first-order chi connectivity index (χ1) is 18.8. The van der Waals surface area contributed by atoms with E-state index in [-0.39, 0.29) is 24.7 Å². The van der Waals surface area contributed by atoms with Crippen LogP contribution in [0.25, 0.3) is 0 Å². The van der Waals surface area contributed by atoms with Crippen molar-refractivity contribution >= 4 is 46.8 Å². The fraction of sp³-hybridized carbons (Fsp3) is 0.241. The molecule has 9 nitrogen and oxygen atoms in total. The summed E-state index contributed by atoms with van der Waals surface area (Å²) in [6.45, 7) is 6.97. The number of carbonyl (C=O) groups is 4. The fourth-order valence-electron chi connectivity index (χ4n) is 5.21. The number of aromatic nitrogens is 2. The van der Waals surface area contributed by atoms with Crippen molar-refractivity contribution in [3.63, 3.8) is 0 Å². The van der Waals surface area contributed by atoms with Gasteiger partial charge in [0.15, 0.2) is 0 Å². The summed E-state index contributed by atoms with van der Waals surface area (Å²) in [7, 11) is 0. The first kappa shape index (κ1) is 26.2. The number of nitrogens with one attached hydrogen (secondary N) is 2. The van der Waals surface area contributed by atoms with E-state index in [0.717, 1.165) is 21.6 Å². The number of benzene rings is 1. The minimum Gasteiger partial charge on any atom is -0.325 e. The van der Waals surface area contributed by atoms with E-state index in [1.165, 1.54) is 22.3 Å². The molecule has 1 aromatic carbocycles. The monoisotopic (exact) mass is 541 g/mol. The van der Waals surface area contributed by atoms with Gasteiger partial charge in [-0.2, -0.15) is 0 Å². The molecule has 1 atom stereocenters. The Hall–Kier alpha value is -4.44. The van der Waals surface area contributed by atoms with E-state index in [0.29, 0.717) is 41.8 Å². The Morgan fingerprint density at radius 1 is 1.21 bits per heavy atom. The van der Waals surface area contributed by atoms with Crippen LogP contribution >= 0.6 is 11.3 Å². The molecule has 5 rings (SSSR count). The molecule has 10 heteroatoms. The molecule has 1 unspecified atom stereocenters. The molecule has 39 heavy (non-hydrogen) atoms. The van der Waals surface area contributed by atoms with Crippen LogP contribution in [0.5, 0.6) is 0 Å². The van der Waals surface area contributed by atoms with Crippen LogP contribution in [-0.4, -0.2) is 52.0 Å². The Morgan fingerprint density at radius 3 is 2.72 bits per heavy atom. The van der Waals surface area contributed by atoms with Crippen molar-refractivity contribution in [2.45, 2.75) is 32.1 Å². The van der Waals surface area contributed by atoms with Crippen molar-refractivity contribution in [1.29, 1.82) is 0 Å². The summed E-state index contributed by atoms with van der Waals surface area (Å²) in [5.74, 6) is -0.274. The molecule has 2 aromatic heterocycles. The highest BCUT2D eigenvalue weighted by molar-refractivity contribution is 7.09. The predicted molar refractivity (Wildman–Crippen MR) is 149 cm³/mol. The smallest absolute Gasteiger partial charge is 0.274 e. The largest absolute Gasteiger partial charge is 0.325 e. The van der Waals surface area contributed by atoms with Crippen LogP contribution in [0.2, 0.25) is 0 Å². The number of hydrogen-bond donors (Lipinski definition) is 2. The van der Waals surface area contributed by atoms with Gasteiger partial charge in [-0.25, -0.2) is 9.97 Å². The van der Waals surface area contributed by atoms with Gasteiger partial charge in [0.2, 0.25) is 11.8 Å². The maximum atomic E-state index is 13.3. The van der Waals surface area contributed by atoms with Crippen molar-refractivity contribution in [3.05, 3.63) is 93.1 Å². The number of amides is 3. The van der Waals surface area contributed by atoms with Gasteiger partial charge < -0.3 is 15.5 Å². The Bertz CT molecular complexity index is 1560. The number of pyridine rings is 1. The highest BCUT2D eigenvalue weighted by atomic mass is 32.1. The lowest BCUT2D eigenvalue weighted by Gasteiger charge is -2.23. The topological polar surface area (TPSA) is 121 Å². The number of thiazole rings is 1. The highest BCUT2D eigenvalue weighted by Gasteiger charge is 2.51. The Labute approximate surface area is 229 Å². The molecule has 0 saturated heterocycles. The zero-order chi connectivity index (χ0) is 27.7. The normalized spacial score (nSPS) is 17.6. The van der Waals surface area contributed by atoms with Gasteiger partial charge in [0.05, 0.1) is 10.9 Å². The first-order valence-electron chi connectivity index (χ1n) is 12.4. The van der Waals surface area contributed by atoms with Gasteiger partial charge in [-0.1, -0.05) is 24.8 Å². The second-order valence-electron chi connectivity index (χ2n) is 9.77. The third kappa shape index (κ3) is 4.79. The number of rotatable bonds is 8. The quantitative estimate of drug-likeness (QED) is 0.255. The Balaban J connectivity index is 1.35. The maximum Gasteiger partial charge on any atom is 0.274 e. The molecule has 0 fully saturated rings. The Morgan fingerprint density at radius 2 is 2.00 bits per heavy atom. The highest BCUT2D eigenvalue weighted by Crippen LogP contribution is 2.46. The molecular formula is C29H27N5O4S. The number of allylic oxidation sites excluding steroid dienone is 1. The lowest BCUT2D eigenvalue weighted by Crippen LogP contribution is -2.39. The molecule has 0 bridgehead atoms. The molecule has 3 heterocycles. The van der Waals surface area contributed by atoms with E-state index in [4.69, 9.17) is 0 Å². The van der Waals surface area contributed by atoms with Crippen LogP contribution in [0.3, 0.4) is 0 Å². The zero-order valence-corrected chi connectivity index (χ0v) is 22.4. The molecule has 1 aliphatic heterocycles. The van der Waals surface area contributed by atoms with Gasteiger partial charge in [-0.15, -0.1) is 11.3 Å². The summed E-state index contributed by atoms with van der Waals surface area (Å²) in [5.41, 5.74) is 5.61. The summed E-state index contributed by atoms with van der Waals surface area (Å²) in [6, 6.07) is 9.37. The van der Waals surface area contributed by atoms with Crippen molar-refractivity contribution < 1.29 is 19.2 Å². The molecule has 1 aliphatic carbocycles. The van der Waals surface area contributed by atoms with Gasteiger partial charge in [0.25, 0.3) is 5.91 Å². The molecule has 0 saturated carbocycles. The third-order valence-electron chi connectivity index (χ3n) is 7.32. The summed E-state index contributed by atoms with van der Waals surface area (Å²) in [5, 5.41) is 5.78. The molecule has 3 aromatic rings. The van der Waals surface area contributed by atoms with Gasteiger partial charge in [-0.3, -0.25) is 19.2 Å².